The molecule has 0 bridgehead atoms. The van der Waals surface area contributed by atoms with Crippen molar-refractivity contribution in [1.29, 1.82) is 0 Å². The molecule has 8 heteroatoms. The van der Waals surface area contributed by atoms with Crippen molar-refractivity contribution in [2.24, 2.45) is 0 Å². The molecule has 0 N–H and O–H groups in total. The topological polar surface area (TPSA) is 68.2 Å². The number of hydrogen-bond donors (Lipinski definition) is 0. The molecule has 3 heterocycles. The molecule has 0 radical (unpaired) electrons. The van der Waals surface area contributed by atoms with E-state index < -0.39 is 6.23 Å². The van der Waals surface area contributed by atoms with Gasteiger partial charge in [-0.05, 0) is 36.1 Å². The lowest BCUT2D eigenvalue weighted by molar-refractivity contribution is -0.117. The Morgan fingerprint density at radius 1 is 1.23 bits per heavy atom. The molecule has 1 atom stereocenters. The second kappa shape index (κ2) is 10.1. The molecule has 0 saturated heterocycles. The minimum atomic E-state index is -0.642. The predicted molar refractivity (Wildman–Crippen MR) is 126 cm³/mol. The predicted octanol–water partition coefficient (Wildman–Crippen LogP) is 5.67. The van der Waals surface area contributed by atoms with Gasteiger partial charge in [0.1, 0.15) is 0 Å². The SMILES string of the molecule is CCCCCSc1nnc2c(n1)OC(/C=C/c1cccs1)N(C(C)=O)c1ccccc1-2. The first-order chi connectivity index (χ1) is 15.2. The summed E-state index contributed by atoms with van der Waals surface area (Å²) in [7, 11) is 0. The lowest BCUT2D eigenvalue weighted by Gasteiger charge is -2.27. The Hall–Kier alpha value is -2.71. The number of carbonyl (C=O) groups is 1. The smallest absolute Gasteiger partial charge is 0.247 e. The highest BCUT2D eigenvalue weighted by Gasteiger charge is 2.32. The van der Waals surface area contributed by atoms with Crippen molar-refractivity contribution in [3.63, 3.8) is 0 Å². The van der Waals surface area contributed by atoms with Gasteiger partial charge >= 0.3 is 0 Å². The zero-order valence-electron chi connectivity index (χ0n) is 17.5. The van der Waals surface area contributed by atoms with Gasteiger partial charge in [0.15, 0.2) is 11.9 Å². The van der Waals surface area contributed by atoms with Gasteiger partial charge in [0.2, 0.25) is 16.9 Å². The van der Waals surface area contributed by atoms with E-state index in [1.807, 2.05) is 53.9 Å². The molecule has 1 aliphatic rings. The Kier molecular flexibility index (Phi) is 6.99. The normalized spacial score (nSPS) is 15.3. The lowest BCUT2D eigenvalue weighted by Crippen LogP contribution is -2.41. The van der Waals surface area contributed by atoms with Gasteiger partial charge in [0.25, 0.3) is 0 Å². The Morgan fingerprint density at radius 2 is 2.10 bits per heavy atom. The van der Waals surface area contributed by atoms with Gasteiger partial charge < -0.3 is 4.74 Å². The van der Waals surface area contributed by atoms with Crippen LogP contribution < -0.4 is 9.64 Å². The zero-order valence-corrected chi connectivity index (χ0v) is 19.2. The molecule has 0 aliphatic carbocycles. The maximum absolute atomic E-state index is 12.7. The number of nitrogens with zero attached hydrogens (tertiary/aromatic N) is 4. The minimum Gasteiger partial charge on any atom is -0.448 e. The Labute approximate surface area is 190 Å². The van der Waals surface area contributed by atoms with Crippen LogP contribution in [0.1, 0.15) is 38.0 Å². The highest BCUT2D eigenvalue weighted by molar-refractivity contribution is 7.99. The number of rotatable bonds is 7. The standard InChI is InChI=1S/C23H24N4O2S2/c1-3-4-7-14-31-23-24-22-21(25-26-23)18-10-5-6-11-19(18)27(16(2)28)20(29-22)13-12-17-9-8-15-30-17/h5-6,8-13,15,20H,3-4,7,14H2,1-2H3/b13-12+. The summed E-state index contributed by atoms with van der Waals surface area (Å²) in [5.41, 5.74) is 2.06. The fraction of sp³-hybridized carbons (Fsp3) is 0.304. The van der Waals surface area contributed by atoms with Crippen LogP contribution in [0.4, 0.5) is 5.69 Å². The number of carbonyl (C=O) groups excluding carboxylic acids is 1. The van der Waals surface area contributed by atoms with Crippen molar-refractivity contribution in [1.82, 2.24) is 15.2 Å². The molecule has 3 aromatic rings. The Bertz CT molecular complexity index is 1070. The number of thiophene rings is 1. The molecule has 0 spiro atoms. The summed E-state index contributed by atoms with van der Waals surface area (Å²) in [5, 5.41) is 11.4. The Morgan fingerprint density at radius 3 is 2.87 bits per heavy atom. The van der Waals surface area contributed by atoms with Gasteiger partial charge in [-0.3, -0.25) is 9.69 Å². The fourth-order valence-corrected chi connectivity index (χ4v) is 4.76. The first-order valence-electron chi connectivity index (χ1n) is 10.3. The van der Waals surface area contributed by atoms with Crippen LogP contribution in [0.2, 0.25) is 0 Å². The van der Waals surface area contributed by atoms with E-state index in [9.17, 15) is 4.79 Å². The number of para-hydroxylation sites is 1. The van der Waals surface area contributed by atoms with Crippen LogP contribution in [0.25, 0.3) is 17.3 Å². The van der Waals surface area contributed by atoms with Crippen LogP contribution in [0.3, 0.4) is 0 Å². The average Bonchev–Trinajstić information content (AvgIpc) is 3.24. The summed E-state index contributed by atoms with van der Waals surface area (Å²) in [6.45, 7) is 3.72. The number of unbranched alkanes of at least 4 members (excludes halogenated alkanes) is 2. The van der Waals surface area contributed by atoms with Crippen molar-refractivity contribution in [3.05, 3.63) is 52.7 Å². The number of amides is 1. The minimum absolute atomic E-state index is 0.122. The molecule has 1 unspecified atom stereocenters. The van der Waals surface area contributed by atoms with Crippen LogP contribution in [0.15, 0.2) is 53.0 Å². The van der Waals surface area contributed by atoms with Crippen molar-refractivity contribution in [2.45, 2.75) is 44.5 Å². The summed E-state index contributed by atoms with van der Waals surface area (Å²) in [6, 6.07) is 11.6. The van der Waals surface area contributed by atoms with E-state index in [0.717, 1.165) is 28.3 Å². The summed E-state index contributed by atoms with van der Waals surface area (Å²) in [6.07, 6.45) is 6.66. The molecule has 2 aromatic heterocycles. The van der Waals surface area contributed by atoms with Crippen LogP contribution in [0, 0.1) is 0 Å². The molecule has 1 amide bonds. The average molecular weight is 453 g/mol. The van der Waals surface area contributed by atoms with Crippen LogP contribution in [-0.2, 0) is 4.79 Å². The van der Waals surface area contributed by atoms with E-state index in [1.54, 1.807) is 28.0 Å². The molecule has 1 aromatic carbocycles. The highest BCUT2D eigenvalue weighted by atomic mass is 32.2. The number of thioether (sulfide) groups is 1. The van der Waals surface area contributed by atoms with E-state index >= 15 is 0 Å². The lowest BCUT2D eigenvalue weighted by atomic mass is 10.1. The first kappa shape index (κ1) is 21.5. The van der Waals surface area contributed by atoms with Crippen molar-refractivity contribution in [2.75, 3.05) is 10.7 Å². The van der Waals surface area contributed by atoms with E-state index in [-0.39, 0.29) is 5.91 Å². The Balaban J connectivity index is 1.73. The van der Waals surface area contributed by atoms with Gasteiger partial charge in [0.05, 0.1) is 5.69 Å². The van der Waals surface area contributed by atoms with E-state index in [4.69, 9.17) is 4.74 Å². The number of benzene rings is 1. The van der Waals surface area contributed by atoms with Crippen LogP contribution in [0.5, 0.6) is 5.88 Å². The molecule has 31 heavy (non-hydrogen) atoms. The number of fused-ring (bicyclic) bond motifs is 3. The van der Waals surface area contributed by atoms with Gasteiger partial charge in [-0.25, -0.2) is 0 Å². The van der Waals surface area contributed by atoms with Crippen molar-refractivity contribution >= 4 is 40.8 Å². The summed E-state index contributed by atoms with van der Waals surface area (Å²) >= 11 is 3.21. The van der Waals surface area contributed by atoms with Gasteiger partial charge in [-0.1, -0.05) is 55.8 Å². The number of ether oxygens (including phenoxy) is 1. The van der Waals surface area contributed by atoms with Gasteiger partial charge in [0, 0.05) is 23.1 Å². The van der Waals surface area contributed by atoms with Gasteiger partial charge in [-0.15, -0.1) is 21.5 Å². The third kappa shape index (κ3) is 4.97. The number of anilines is 1. The molecule has 0 fully saturated rings. The summed E-state index contributed by atoms with van der Waals surface area (Å²) in [5.74, 6) is 1.21. The molecule has 6 nitrogen and oxygen atoms in total. The van der Waals surface area contributed by atoms with E-state index in [2.05, 4.69) is 22.1 Å². The second-order valence-corrected chi connectivity index (χ2v) is 9.13. The molecular formula is C23H24N4O2S2. The molecule has 0 saturated carbocycles. The second-order valence-electron chi connectivity index (χ2n) is 7.09. The monoisotopic (exact) mass is 452 g/mol. The van der Waals surface area contributed by atoms with Crippen LogP contribution in [-0.4, -0.2) is 33.1 Å². The number of hydrogen-bond acceptors (Lipinski definition) is 7. The molecular weight excluding hydrogens is 428 g/mol. The number of aromatic nitrogens is 3. The maximum atomic E-state index is 12.7. The molecule has 1 aliphatic heterocycles. The summed E-state index contributed by atoms with van der Waals surface area (Å²) < 4.78 is 6.28. The maximum Gasteiger partial charge on any atom is 0.247 e. The van der Waals surface area contributed by atoms with Crippen molar-refractivity contribution < 1.29 is 9.53 Å². The highest BCUT2D eigenvalue weighted by Crippen LogP contribution is 2.39. The van der Waals surface area contributed by atoms with E-state index in [0.29, 0.717) is 16.7 Å². The fourth-order valence-electron chi connectivity index (χ4n) is 3.35. The molecule has 160 valence electrons. The van der Waals surface area contributed by atoms with Crippen LogP contribution >= 0.6 is 23.1 Å². The van der Waals surface area contributed by atoms with Gasteiger partial charge in [-0.2, -0.15) is 4.98 Å². The summed E-state index contributed by atoms with van der Waals surface area (Å²) in [4.78, 5) is 20.0. The van der Waals surface area contributed by atoms with E-state index in [1.165, 1.54) is 19.8 Å². The third-order valence-corrected chi connectivity index (χ3v) is 6.59. The molecule has 4 rings (SSSR count). The largest absolute Gasteiger partial charge is 0.448 e. The first-order valence-corrected chi connectivity index (χ1v) is 12.2. The third-order valence-electron chi connectivity index (χ3n) is 4.83. The zero-order chi connectivity index (χ0) is 21.6. The quantitative estimate of drug-likeness (QED) is 0.340. The van der Waals surface area contributed by atoms with Crippen molar-refractivity contribution in [3.8, 4) is 17.1 Å².